The van der Waals surface area contributed by atoms with Gasteiger partial charge < -0.3 is 0 Å². The third-order valence-electron chi connectivity index (χ3n) is 2.52. The molecule has 0 radical (unpaired) electrons. The number of pyridine rings is 1. The zero-order chi connectivity index (χ0) is 12.3. The van der Waals surface area contributed by atoms with E-state index in [-0.39, 0.29) is 0 Å². The molecule has 0 unspecified atom stereocenters. The van der Waals surface area contributed by atoms with Crippen LogP contribution in [0.2, 0.25) is 0 Å². The second kappa shape index (κ2) is 4.89. The molecule has 84 valence electrons. The second-order valence-corrected chi connectivity index (χ2v) is 4.82. The van der Waals surface area contributed by atoms with Crippen molar-refractivity contribution in [2.24, 2.45) is 4.99 Å². The number of nitriles is 1. The molecule has 0 N–H and O–H groups in total. The largest absolute Gasteiger partial charge is 0.265 e. The van der Waals surface area contributed by atoms with Crippen molar-refractivity contribution in [2.75, 3.05) is 0 Å². The molecule has 0 aliphatic carbocycles. The lowest BCUT2D eigenvalue weighted by Gasteiger charge is -1.91. The van der Waals surface area contributed by atoms with Gasteiger partial charge >= 0.3 is 0 Å². The lowest BCUT2D eigenvalue weighted by molar-refractivity contribution is 1.32. The molecular formula is C13H11N3S. The normalized spacial score (nSPS) is 10.6. The number of aromatic nitrogens is 1. The molecule has 17 heavy (non-hydrogen) atoms. The van der Waals surface area contributed by atoms with Crippen molar-refractivity contribution in [3.8, 4) is 6.07 Å². The first-order chi connectivity index (χ1) is 8.22. The van der Waals surface area contributed by atoms with Gasteiger partial charge in [-0.05, 0) is 37.1 Å². The number of hydrogen-bond acceptors (Lipinski definition) is 4. The summed E-state index contributed by atoms with van der Waals surface area (Å²) in [6.07, 6.45) is 5.20. The van der Waals surface area contributed by atoms with Crippen molar-refractivity contribution < 1.29 is 0 Å². The number of aliphatic imine (C=N–C) groups is 1. The molecule has 0 atom stereocenters. The topological polar surface area (TPSA) is 49.0 Å². The van der Waals surface area contributed by atoms with Crippen LogP contribution in [-0.4, -0.2) is 11.2 Å². The second-order valence-electron chi connectivity index (χ2n) is 3.61. The summed E-state index contributed by atoms with van der Waals surface area (Å²) in [5.41, 5.74) is 2.68. The van der Waals surface area contributed by atoms with E-state index in [0.717, 1.165) is 21.0 Å². The Bertz CT molecular complexity index is 591. The molecule has 2 heterocycles. The van der Waals surface area contributed by atoms with E-state index in [0.29, 0.717) is 5.56 Å². The molecule has 4 heteroatoms. The summed E-state index contributed by atoms with van der Waals surface area (Å²) < 4.78 is 0. The first-order valence-corrected chi connectivity index (χ1v) is 5.98. The molecule has 2 rings (SSSR count). The standard InChI is InChI=1S/C13H11N3S/c1-9-10(2)17-13(12(9)7-14)16-8-11-3-5-15-6-4-11/h3-6,8H,1-2H3. The first kappa shape index (κ1) is 11.5. The van der Waals surface area contributed by atoms with Gasteiger partial charge in [0.15, 0.2) is 0 Å². The van der Waals surface area contributed by atoms with E-state index in [4.69, 9.17) is 5.26 Å². The quantitative estimate of drug-likeness (QED) is 0.757. The molecule has 0 amide bonds. The Morgan fingerprint density at radius 3 is 2.71 bits per heavy atom. The molecule has 0 aromatic carbocycles. The van der Waals surface area contributed by atoms with Crippen molar-refractivity contribution in [2.45, 2.75) is 13.8 Å². The molecular weight excluding hydrogens is 230 g/mol. The van der Waals surface area contributed by atoms with Crippen molar-refractivity contribution in [1.82, 2.24) is 4.98 Å². The maximum atomic E-state index is 9.08. The van der Waals surface area contributed by atoms with E-state index >= 15 is 0 Å². The number of thiophene rings is 1. The SMILES string of the molecule is Cc1sc(N=Cc2ccncc2)c(C#N)c1C. The molecule has 2 aromatic rings. The molecule has 0 saturated heterocycles. The van der Waals surface area contributed by atoms with E-state index in [1.165, 1.54) is 0 Å². The fourth-order valence-corrected chi connectivity index (χ4v) is 2.37. The Kier molecular flexibility index (Phi) is 3.31. The number of rotatable bonds is 2. The maximum absolute atomic E-state index is 9.08. The van der Waals surface area contributed by atoms with E-state index in [1.807, 2.05) is 26.0 Å². The predicted octanol–water partition coefficient (Wildman–Crippen LogP) is 3.38. The van der Waals surface area contributed by atoms with Crippen LogP contribution in [0.1, 0.15) is 21.6 Å². The van der Waals surface area contributed by atoms with Crippen molar-refractivity contribution in [3.05, 3.63) is 46.1 Å². The lowest BCUT2D eigenvalue weighted by atomic mass is 10.2. The van der Waals surface area contributed by atoms with E-state index in [9.17, 15) is 0 Å². The number of aryl methyl sites for hydroxylation is 1. The summed E-state index contributed by atoms with van der Waals surface area (Å²) in [6, 6.07) is 5.96. The summed E-state index contributed by atoms with van der Waals surface area (Å²) in [5, 5.41) is 9.86. The molecule has 0 aliphatic rings. The zero-order valence-corrected chi connectivity index (χ0v) is 10.5. The smallest absolute Gasteiger partial charge is 0.134 e. The molecule has 0 saturated carbocycles. The van der Waals surface area contributed by atoms with Crippen LogP contribution in [0.4, 0.5) is 5.00 Å². The summed E-state index contributed by atoms with van der Waals surface area (Å²) >= 11 is 1.55. The Hall–Kier alpha value is -1.99. The third kappa shape index (κ3) is 2.40. The fraction of sp³-hybridized carbons (Fsp3) is 0.154. The summed E-state index contributed by atoms with van der Waals surface area (Å²) in [4.78, 5) is 9.46. The first-order valence-electron chi connectivity index (χ1n) is 5.16. The monoisotopic (exact) mass is 241 g/mol. The van der Waals surface area contributed by atoms with Gasteiger partial charge in [-0.2, -0.15) is 5.26 Å². The van der Waals surface area contributed by atoms with Gasteiger partial charge in [0, 0.05) is 23.5 Å². The summed E-state index contributed by atoms with van der Waals surface area (Å²) in [6.45, 7) is 3.96. The highest BCUT2D eigenvalue weighted by Crippen LogP contribution is 2.33. The van der Waals surface area contributed by atoms with E-state index in [2.05, 4.69) is 16.0 Å². The van der Waals surface area contributed by atoms with Crippen LogP contribution in [0.15, 0.2) is 29.5 Å². The molecule has 0 aliphatic heterocycles. The lowest BCUT2D eigenvalue weighted by Crippen LogP contribution is -1.80. The Morgan fingerprint density at radius 2 is 2.06 bits per heavy atom. The van der Waals surface area contributed by atoms with E-state index in [1.54, 1.807) is 29.9 Å². The molecule has 3 nitrogen and oxygen atoms in total. The third-order valence-corrected chi connectivity index (χ3v) is 3.63. The van der Waals surface area contributed by atoms with Crippen LogP contribution < -0.4 is 0 Å². The number of nitrogens with zero attached hydrogens (tertiary/aromatic N) is 3. The van der Waals surface area contributed by atoms with Crippen LogP contribution in [0.3, 0.4) is 0 Å². The van der Waals surface area contributed by atoms with Crippen LogP contribution >= 0.6 is 11.3 Å². The Morgan fingerprint density at radius 1 is 1.35 bits per heavy atom. The van der Waals surface area contributed by atoms with Gasteiger partial charge in [-0.25, -0.2) is 4.99 Å². The molecule has 2 aromatic heterocycles. The molecule has 0 bridgehead atoms. The highest BCUT2D eigenvalue weighted by Gasteiger charge is 2.10. The highest BCUT2D eigenvalue weighted by molar-refractivity contribution is 7.16. The average Bonchev–Trinajstić information content (AvgIpc) is 2.63. The van der Waals surface area contributed by atoms with Crippen LogP contribution in [-0.2, 0) is 0 Å². The Labute approximate surface area is 104 Å². The minimum absolute atomic E-state index is 0.679. The summed E-state index contributed by atoms with van der Waals surface area (Å²) in [7, 11) is 0. The van der Waals surface area contributed by atoms with Gasteiger partial charge in [0.05, 0.1) is 5.56 Å². The van der Waals surface area contributed by atoms with Gasteiger partial charge in [0.2, 0.25) is 0 Å². The maximum Gasteiger partial charge on any atom is 0.134 e. The highest BCUT2D eigenvalue weighted by atomic mass is 32.1. The zero-order valence-electron chi connectivity index (χ0n) is 9.64. The number of hydrogen-bond donors (Lipinski definition) is 0. The van der Waals surface area contributed by atoms with Crippen LogP contribution in [0, 0.1) is 25.2 Å². The van der Waals surface area contributed by atoms with Gasteiger partial charge in [-0.3, -0.25) is 4.98 Å². The predicted molar refractivity (Wildman–Crippen MR) is 70.0 cm³/mol. The van der Waals surface area contributed by atoms with Crippen molar-refractivity contribution >= 4 is 22.6 Å². The van der Waals surface area contributed by atoms with Crippen molar-refractivity contribution in [3.63, 3.8) is 0 Å². The van der Waals surface area contributed by atoms with Crippen LogP contribution in [0.5, 0.6) is 0 Å². The van der Waals surface area contributed by atoms with Crippen LogP contribution in [0.25, 0.3) is 0 Å². The Balaban J connectivity index is 2.35. The van der Waals surface area contributed by atoms with E-state index < -0.39 is 0 Å². The van der Waals surface area contributed by atoms with Gasteiger partial charge in [-0.15, -0.1) is 11.3 Å². The fourth-order valence-electron chi connectivity index (χ4n) is 1.41. The summed E-state index contributed by atoms with van der Waals surface area (Å²) in [5.74, 6) is 0. The van der Waals surface area contributed by atoms with Gasteiger partial charge in [0.1, 0.15) is 11.1 Å². The average molecular weight is 241 g/mol. The van der Waals surface area contributed by atoms with Gasteiger partial charge in [0.25, 0.3) is 0 Å². The van der Waals surface area contributed by atoms with Crippen molar-refractivity contribution in [1.29, 1.82) is 5.26 Å². The molecule has 0 spiro atoms. The minimum atomic E-state index is 0.679. The van der Waals surface area contributed by atoms with Gasteiger partial charge in [-0.1, -0.05) is 0 Å². The minimum Gasteiger partial charge on any atom is -0.265 e. The molecule has 0 fully saturated rings.